The smallest absolute Gasteiger partial charge is 0.0600 e. The third kappa shape index (κ3) is 2.48. The lowest BCUT2D eigenvalue weighted by atomic mass is 10.1. The van der Waals surface area contributed by atoms with Gasteiger partial charge in [-0.25, -0.2) is 0 Å². The van der Waals surface area contributed by atoms with Gasteiger partial charge in [0.2, 0.25) is 0 Å². The summed E-state index contributed by atoms with van der Waals surface area (Å²) in [6.07, 6.45) is 4.36. The van der Waals surface area contributed by atoms with Gasteiger partial charge in [0.15, 0.2) is 0 Å². The van der Waals surface area contributed by atoms with Gasteiger partial charge in [-0.2, -0.15) is 0 Å². The van der Waals surface area contributed by atoms with Crippen LogP contribution in [0.3, 0.4) is 0 Å². The highest BCUT2D eigenvalue weighted by atomic mass is 16.5. The van der Waals surface area contributed by atoms with Crippen molar-refractivity contribution in [3.63, 3.8) is 0 Å². The lowest BCUT2D eigenvalue weighted by Gasteiger charge is -2.28. The molecule has 2 atom stereocenters. The first-order chi connectivity index (χ1) is 6.54. The molecule has 0 aromatic carbocycles. The van der Waals surface area contributed by atoms with Gasteiger partial charge in [0.25, 0.3) is 0 Å². The summed E-state index contributed by atoms with van der Waals surface area (Å²) in [5.41, 5.74) is 0.0265. The van der Waals surface area contributed by atoms with Crippen molar-refractivity contribution in [3.05, 3.63) is 0 Å². The molecule has 0 spiro atoms. The molecule has 0 radical (unpaired) electrons. The first-order valence-corrected chi connectivity index (χ1v) is 5.92. The van der Waals surface area contributed by atoms with Crippen LogP contribution in [0, 0.1) is 5.92 Å². The van der Waals surface area contributed by atoms with Crippen LogP contribution in [0.15, 0.2) is 0 Å². The van der Waals surface area contributed by atoms with Gasteiger partial charge in [-0.05, 0) is 46.0 Å². The molecule has 2 unspecified atom stereocenters. The molecule has 0 aromatic heterocycles. The Kier molecular flexibility index (Phi) is 2.85. The van der Waals surface area contributed by atoms with Crippen LogP contribution in [0.5, 0.6) is 0 Å². The second kappa shape index (κ2) is 3.82. The van der Waals surface area contributed by atoms with Crippen LogP contribution in [-0.4, -0.2) is 36.2 Å². The topological polar surface area (TPSA) is 12.5 Å². The molecule has 14 heavy (non-hydrogen) atoms. The first-order valence-electron chi connectivity index (χ1n) is 5.92. The van der Waals surface area contributed by atoms with Crippen molar-refractivity contribution in [1.82, 2.24) is 4.90 Å². The van der Waals surface area contributed by atoms with Crippen LogP contribution in [0.4, 0.5) is 0 Å². The minimum atomic E-state index is 0.0265. The molecule has 2 aliphatic rings. The van der Waals surface area contributed by atoms with Gasteiger partial charge in [0, 0.05) is 19.1 Å². The molecule has 1 saturated carbocycles. The number of hydrogen-bond acceptors (Lipinski definition) is 2. The highest BCUT2D eigenvalue weighted by molar-refractivity contribution is 4.91. The molecule has 2 bridgehead atoms. The van der Waals surface area contributed by atoms with Crippen LogP contribution < -0.4 is 0 Å². The number of fused-ring (bicyclic) bond motifs is 2. The predicted molar refractivity (Wildman–Crippen MR) is 58.4 cm³/mol. The van der Waals surface area contributed by atoms with Crippen molar-refractivity contribution in [2.45, 2.75) is 51.7 Å². The summed E-state index contributed by atoms with van der Waals surface area (Å²) in [6.45, 7) is 9.75. The van der Waals surface area contributed by atoms with Crippen LogP contribution in [0.25, 0.3) is 0 Å². The summed E-state index contributed by atoms with van der Waals surface area (Å²) >= 11 is 0. The van der Waals surface area contributed by atoms with E-state index in [0.717, 1.165) is 25.1 Å². The molecule has 1 aliphatic carbocycles. The average Bonchev–Trinajstić information content (AvgIpc) is 2.62. The Hall–Kier alpha value is -0.0800. The fourth-order valence-corrected chi connectivity index (χ4v) is 2.77. The molecule has 2 heteroatoms. The molecule has 1 aliphatic heterocycles. The molecular formula is C12H23NO. The molecule has 0 N–H and O–H groups in total. The summed E-state index contributed by atoms with van der Waals surface area (Å²) in [4.78, 5) is 2.62. The third-order valence-electron chi connectivity index (χ3n) is 3.44. The van der Waals surface area contributed by atoms with Crippen LogP contribution >= 0.6 is 0 Å². The van der Waals surface area contributed by atoms with Gasteiger partial charge in [-0.3, -0.25) is 4.90 Å². The van der Waals surface area contributed by atoms with E-state index in [2.05, 4.69) is 25.7 Å². The zero-order valence-corrected chi connectivity index (χ0v) is 9.75. The maximum absolute atomic E-state index is 5.76. The van der Waals surface area contributed by atoms with E-state index in [4.69, 9.17) is 4.74 Å². The summed E-state index contributed by atoms with van der Waals surface area (Å²) < 4.78 is 5.76. The molecular weight excluding hydrogens is 174 g/mol. The number of hydrogen-bond donors (Lipinski definition) is 0. The van der Waals surface area contributed by atoms with E-state index in [-0.39, 0.29) is 5.60 Å². The van der Waals surface area contributed by atoms with Crippen LogP contribution in [0.1, 0.15) is 40.0 Å². The Morgan fingerprint density at radius 2 is 2.07 bits per heavy atom. The number of nitrogens with zero attached hydrogens (tertiary/aromatic N) is 1. The third-order valence-corrected chi connectivity index (χ3v) is 3.44. The van der Waals surface area contributed by atoms with Gasteiger partial charge in [-0.15, -0.1) is 0 Å². The molecule has 2 nitrogen and oxygen atoms in total. The second-order valence-corrected chi connectivity index (χ2v) is 5.79. The van der Waals surface area contributed by atoms with E-state index in [9.17, 15) is 0 Å². The van der Waals surface area contributed by atoms with Crippen molar-refractivity contribution in [2.75, 3.05) is 19.7 Å². The highest BCUT2D eigenvalue weighted by Gasteiger charge is 2.37. The summed E-state index contributed by atoms with van der Waals surface area (Å²) in [5.74, 6) is 1.01. The lowest BCUT2D eigenvalue weighted by Crippen LogP contribution is -2.36. The lowest BCUT2D eigenvalue weighted by molar-refractivity contribution is -0.0160. The molecule has 0 amide bonds. The van der Waals surface area contributed by atoms with Gasteiger partial charge in [0.1, 0.15) is 0 Å². The Morgan fingerprint density at radius 1 is 1.29 bits per heavy atom. The fraction of sp³-hybridized carbons (Fsp3) is 1.00. The van der Waals surface area contributed by atoms with Gasteiger partial charge in [0.05, 0.1) is 12.2 Å². The summed E-state index contributed by atoms with van der Waals surface area (Å²) in [5, 5.41) is 0. The number of rotatable bonds is 3. The van der Waals surface area contributed by atoms with Crippen molar-refractivity contribution in [2.24, 2.45) is 5.92 Å². The van der Waals surface area contributed by atoms with E-state index in [1.807, 2.05) is 0 Å². The van der Waals surface area contributed by atoms with Gasteiger partial charge in [-0.1, -0.05) is 0 Å². The maximum Gasteiger partial charge on any atom is 0.0600 e. The fourth-order valence-electron chi connectivity index (χ4n) is 2.77. The number of ether oxygens (including phenoxy) is 1. The molecule has 1 saturated heterocycles. The largest absolute Gasteiger partial charge is 0.375 e. The Bertz CT molecular complexity index is 197. The maximum atomic E-state index is 5.76. The summed E-state index contributed by atoms with van der Waals surface area (Å²) in [6, 6.07) is 0.892. The Balaban J connectivity index is 1.67. The first kappa shape index (κ1) is 10.4. The highest BCUT2D eigenvalue weighted by Crippen LogP contribution is 2.36. The van der Waals surface area contributed by atoms with Crippen molar-refractivity contribution >= 4 is 0 Å². The van der Waals surface area contributed by atoms with Crippen molar-refractivity contribution in [3.8, 4) is 0 Å². The SMILES string of the molecule is CC(C)(C)OCCN1CC2CCC1C2. The van der Waals surface area contributed by atoms with E-state index < -0.39 is 0 Å². The van der Waals surface area contributed by atoms with Crippen LogP contribution in [-0.2, 0) is 4.74 Å². The molecule has 2 fully saturated rings. The molecule has 0 aromatic rings. The van der Waals surface area contributed by atoms with E-state index in [1.54, 1.807) is 0 Å². The van der Waals surface area contributed by atoms with Crippen molar-refractivity contribution in [1.29, 1.82) is 0 Å². The second-order valence-electron chi connectivity index (χ2n) is 5.79. The van der Waals surface area contributed by atoms with Gasteiger partial charge >= 0.3 is 0 Å². The quantitative estimate of drug-likeness (QED) is 0.688. The average molecular weight is 197 g/mol. The minimum Gasteiger partial charge on any atom is -0.375 e. The zero-order chi connectivity index (χ0) is 10.2. The van der Waals surface area contributed by atoms with E-state index in [0.29, 0.717) is 0 Å². The Labute approximate surface area is 87.6 Å². The minimum absolute atomic E-state index is 0.0265. The number of likely N-dealkylation sites (tertiary alicyclic amines) is 1. The van der Waals surface area contributed by atoms with E-state index in [1.165, 1.54) is 25.8 Å². The monoisotopic (exact) mass is 197 g/mol. The van der Waals surface area contributed by atoms with Gasteiger partial charge < -0.3 is 4.74 Å². The normalized spacial score (nSPS) is 32.8. The molecule has 2 rings (SSSR count). The Morgan fingerprint density at radius 3 is 2.57 bits per heavy atom. The summed E-state index contributed by atoms with van der Waals surface area (Å²) in [7, 11) is 0. The van der Waals surface area contributed by atoms with Crippen molar-refractivity contribution < 1.29 is 4.74 Å². The zero-order valence-electron chi connectivity index (χ0n) is 9.75. The standard InChI is InChI=1S/C12H23NO/c1-12(2,3)14-7-6-13-9-10-4-5-11(13)8-10/h10-11H,4-9H2,1-3H3. The van der Waals surface area contributed by atoms with Crippen LogP contribution in [0.2, 0.25) is 0 Å². The van der Waals surface area contributed by atoms with E-state index >= 15 is 0 Å². The molecule has 82 valence electrons. The number of piperidine rings is 1. The molecule has 1 heterocycles. The predicted octanol–water partition coefficient (Wildman–Crippen LogP) is 2.29.